The van der Waals surface area contributed by atoms with E-state index in [0.717, 1.165) is 11.1 Å². The quantitative estimate of drug-likeness (QED) is 0.732. The highest BCUT2D eigenvalue weighted by Gasteiger charge is 2.14. The van der Waals surface area contributed by atoms with E-state index in [9.17, 15) is 8.42 Å². The molecule has 0 saturated carbocycles. The summed E-state index contributed by atoms with van der Waals surface area (Å²) in [5.41, 5.74) is 7.30. The highest BCUT2D eigenvalue weighted by molar-refractivity contribution is 7.89. The minimum atomic E-state index is -3.67. The third-order valence-corrected chi connectivity index (χ3v) is 4.66. The molecule has 112 valence electrons. The van der Waals surface area contributed by atoms with Gasteiger partial charge >= 0.3 is 0 Å². The Bertz CT molecular complexity index is 748. The molecule has 0 aliphatic rings. The normalized spacial score (nSPS) is 11.5. The van der Waals surface area contributed by atoms with E-state index in [-0.39, 0.29) is 23.7 Å². The molecule has 0 aromatic heterocycles. The van der Waals surface area contributed by atoms with Crippen molar-refractivity contribution in [2.45, 2.75) is 18.0 Å². The molecule has 0 amide bonds. The van der Waals surface area contributed by atoms with E-state index in [2.05, 4.69) is 4.72 Å². The first-order valence-corrected chi connectivity index (χ1v) is 8.02. The number of benzene rings is 2. The number of halogens is 1. The summed E-state index contributed by atoms with van der Waals surface area (Å²) in [5.74, 6) is 0. The lowest BCUT2D eigenvalue weighted by Gasteiger charge is -2.09. The summed E-state index contributed by atoms with van der Waals surface area (Å²) in [6, 6.07) is 11.2. The van der Waals surface area contributed by atoms with Crippen molar-refractivity contribution in [2.75, 3.05) is 5.73 Å². The Labute approximate surface area is 128 Å². The van der Waals surface area contributed by atoms with Gasteiger partial charge in [0.1, 0.15) is 0 Å². The van der Waals surface area contributed by atoms with Crippen molar-refractivity contribution in [2.24, 2.45) is 0 Å². The van der Waals surface area contributed by atoms with Crippen LogP contribution >= 0.6 is 11.6 Å². The molecule has 2 aromatic rings. The highest BCUT2D eigenvalue weighted by Crippen LogP contribution is 2.22. The summed E-state index contributed by atoms with van der Waals surface area (Å²) in [6.45, 7) is 0.0347. The van der Waals surface area contributed by atoms with Crippen LogP contribution in [-0.2, 0) is 23.2 Å². The lowest BCUT2D eigenvalue weighted by atomic mass is 10.1. The topological polar surface area (TPSA) is 92.4 Å². The molecule has 0 heterocycles. The predicted molar refractivity (Wildman–Crippen MR) is 82.3 cm³/mol. The number of anilines is 1. The van der Waals surface area contributed by atoms with Crippen LogP contribution in [0.5, 0.6) is 0 Å². The smallest absolute Gasteiger partial charge is 0.240 e. The summed E-state index contributed by atoms with van der Waals surface area (Å²) in [7, 11) is -3.67. The van der Waals surface area contributed by atoms with Crippen LogP contribution in [0.3, 0.4) is 0 Å². The standard InChI is InChI=1S/C14H15ClN2O3S/c15-13-5-4-12(7-14(13)16)21(19,20)17-8-10-2-1-3-11(6-10)9-18/h1-7,17-18H,8-9,16H2. The van der Waals surface area contributed by atoms with Crippen LogP contribution < -0.4 is 10.5 Å². The number of aliphatic hydroxyl groups is 1. The first-order chi connectivity index (χ1) is 9.92. The van der Waals surface area contributed by atoms with Gasteiger partial charge in [-0.05, 0) is 29.3 Å². The van der Waals surface area contributed by atoms with Gasteiger partial charge in [-0.15, -0.1) is 0 Å². The fourth-order valence-corrected chi connectivity index (χ4v) is 2.96. The second kappa shape index (κ2) is 6.44. The molecule has 2 rings (SSSR count). The van der Waals surface area contributed by atoms with E-state index >= 15 is 0 Å². The largest absolute Gasteiger partial charge is 0.397 e. The zero-order valence-electron chi connectivity index (χ0n) is 11.1. The average molecular weight is 327 g/mol. The Hall–Kier alpha value is -1.60. The molecule has 0 fully saturated rings. The molecule has 4 N–H and O–H groups in total. The summed E-state index contributed by atoms with van der Waals surface area (Å²) in [4.78, 5) is 0.0581. The van der Waals surface area contributed by atoms with Crippen LogP contribution in [0.4, 0.5) is 5.69 Å². The van der Waals surface area contributed by atoms with Crippen LogP contribution in [0.25, 0.3) is 0 Å². The summed E-state index contributed by atoms with van der Waals surface area (Å²) >= 11 is 5.77. The molecule has 0 aliphatic heterocycles. The molecule has 0 unspecified atom stereocenters. The van der Waals surface area contributed by atoms with Gasteiger partial charge in [-0.1, -0.05) is 35.9 Å². The van der Waals surface area contributed by atoms with Gasteiger partial charge in [-0.3, -0.25) is 0 Å². The highest BCUT2D eigenvalue weighted by atomic mass is 35.5. The van der Waals surface area contributed by atoms with E-state index in [1.807, 2.05) is 0 Å². The van der Waals surface area contributed by atoms with E-state index in [1.54, 1.807) is 24.3 Å². The van der Waals surface area contributed by atoms with Gasteiger partial charge in [0.15, 0.2) is 0 Å². The second-order valence-corrected chi connectivity index (χ2v) is 6.66. The van der Waals surface area contributed by atoms with Crippen molar-refractivity contribution in [3.05, 3.63) is 58.6 Å². The molecule has 7 heteroatoms. The van der Waals surface area contributed by atoms with Crippen molar-refractivity contribution < 1.29 is 13.5 Å². The Morgan fingerprint density at radius 2 is 1.86 bits per heavy atom. The van der Waals surface area contributed by atoms with Crippen molar-refractivity contribution in [3.63, 3.8) is 0 Å². The molecular formula is C14H15ClN2O3S. The van der Waals surface area contributed by atoms with Gasteiger partial charge in [0.25, 0.3) is 0 Å². The lowest BCUT2D eigenvalue weighted by molar-refractivity contribution is 0.281. The van der Waals surface area contributed by atoms with Gasteiger partial charge in [0, 0.05) is 6.54 Å². The number of aliphatic hydroxyl groups excluding tert-OH is 1. The molecule has 2 aromatic carbocycles. The second-order valence-electron chi connectivity index (χ2n) is 4.49. The van der Waals surface area contributed by atoms with Crippen LogP contribution in [0.15, 0.2) is 47.4 Å². The van der Waals surface area contributed by atoms with Crippen molar-refractivity contribution in [1.82, 2.24) is 4.72 Å². The maximum absolute atomic E-state index is 12.2. The Balaban J connectivity index is 2.15. The fraction of sp³-hybridized carbons (Fsp3) is 0.143. The van der Waals surface area contributed by atoms with Crippen molar-refractivity contribution >= 4 is 27.3 Å². The maximum atomic E-state index is 12.2. The van der Waals surface area contributed by atoms with Gasteiger partial charge in [0.05, 0.1) is 22.2 Å². The molecule has 0 saturated heterocycles. The van der Waals surface area contributed by atoms with Crippen molar-refractivity contribution in [3.8, 4) is 0 Å². The third-order valence-electron chi connectivity index (χ3n) is 2.92. The fourth-order valence-electron chi connectivity index (χ4n) is 1.79. The first-order valence-electron chi connectivity index (χ1n) is 6.16. The van der Waals surface area contributed by atoms with E-state index in [1.165, 1.54) is 18.2 Å². The molecule has 0 aliphatic carbocycles. The number of rotatable bonds is 5. The number of sulfonamides is 1. The molecule has 0 radical (unpaired) electrons. The Morgan fingerprint density at radius 3 is 2.52 bits per heavy atom. The van der Waals surface area contributed by atoms with Gasteiger partial charge < -0.3 is 10.8 Å². The molecule has 0 spiro atoms. The number of nitrogens with one attached hydrogen (secondary N) is 1. The summed E-state index contributed by atoms with van der Waals surface area (Å²) in [5, 5.41) is 9.37. The number of hydrogen-bond donors (Lipinski definition) is 3. The zero-order valence-corrected chi connectivity index (χ0v) is 12.7. The number of hydrogen-bond acceptors (Lipinski definition) is 4. The van der Waals surface area contributed by atoms with E-state index in [0.29, 0.717) is 5.02 Å². The maximum Gasteiger partial charge on any atom is 0.240 e. The van der Waals surface area contributed by atoms with Crippen LogP contribution in [0.1, 0.15) is 11.1 Å². The molecular weight excluding hydrogens is 312 g/mol. The molecule has 5 nitrogen and oxygen atoms in total. The lowest BCUT2D eigenvalue weighted by Crippen LogP contribution is -2.23. The monoisotopic (exact) mass is 326 g/mol. The SMILES string of the molecule is Nc1cc(S(=O)(=O)NCc2cccc(CO)c2)ccc1Cl. The molecule has 0 bridgehead atoms. The minimum Gasteiger partial charge on any atom is -0.397 e. The summed E-state index contributed by atoms with van der Waals surface area (Å²) in [6.07, 6.45) is 0. The van der Waals surface area contributed by atoms with Crippen LogP contribution in [0.2, 0.25) is 5.02 Å². The van der Waals surface area contributed by atoms with Gasteiger partial charge in [-0.2, -0.15) is 0 Å². The zero-order chi connectivity index (χ0) is 15.5. The average Bonchev–Trinajstić information content (AvgIpc) is 2.48. The number of nitrogen functional groups attached to an aromatic ring is 1. The van der Waals surface area contributed by atoms with Crippen LogP contribution in [-0.4, -0.2) is 13.5 Å². The first kappa shape index (κ1) is 15.8. The van der Waals surface area contributed by atoms with Crippen LogP contribution in [0, 0.1) is 0 Å². The number of nitrogens with two attached hydrogens (primary N) is 1. The van der Waals surface area contributed by atoms with Crippen molar-refractivity contribution in [1.29, 1.82) is 0 Å². The summed E-state index contributed by atoms with van der Waals surface area (Å²) < 4.78 is 26.8. The van der Waals surface area contributed by atoms with E-state index < -0.39 is 10.0 Å². The predicted octanol–water partition coefficient (Wildman–Crippen LogP) is 1.89. The van der Waals surface area contributed by atoms with Gasteiger partial charge in [0.2, 0.25) is 10.0 Å². The molecule has 21 heavy (non-hydrogen) atoms. The minimum absolute atomic E-state index is 0.0581. The Morgan fingerprint density at radius 1 is 1.14 bits per heavy atom. The van der Waals surface area contributed by atoms with E-state index in [4.69, 9.17) is 22.4 Å². The molecule has 0 atom stereocenters. The third kappa shape index (κ3) is 3.95. The Kier molecular flexibility index (Phi) is 4.84. The van der Waals surface area contributed by atoms with Gasteiger partial charge in [-0.25, -0.2) is 13.1 Å².